The van der Waals surface area contributed by atoms with E-state index in [0.717, 1.165) is 49.0 Å². The Morgan fingerprint density at radius 2 is 1.59 bits per heavy atom. The van der Waals surface area contributed by atoms with Crippen LogP contribution in [0.25, 0.3) is 5.69 Å². The number of anilines is 2. The van der Waals surface area contributed by atoms with Crippen LogP contribution in [0.1, 0.15) is 5.56 Å². The lowest BCUT2D eigenvalue weighted by Crippen LogP contribution is -2.46. The number of nitrogens with zero attached hydrogens (tertiary/aromatic N) is 7. The number of hydrogen-bond donors (Lipinski definition) is 0. The highest BCUT2D eigenvalue weighted by Gasteiger charge is 2.45. The lowest BCUT2D eigenvalue weighted by atomic mass is 10.1. The maximum atomic E-state index is 12.2. The number of ether oxygens (including phenoxy) is 3. The van der Waals surface area contributed by atoms with Crippen LogP contribution in [0, 0.1) is 0 Å². The summed E-state index contributed by atoms with van der Waals surface area (Å²) < 4.78 is 23.7. The molecule has 0 amide bonds. The lowest BCUT2D eigenvalue weighted by Gasteiger charge is -2.37. The van der Waals surface area contributed by atoms with E-state index in [1.54, 1.807) is 31.7 Å². The number of piperazine rings is 1. The number of hydrogen-bond acceptors (Lipinski definition) is 8. The van der Waals surface area contributed by atoms with Crippen LogP contribution in [0.2, 0.25) is 10.0 Å². The maximum absolute atomic E-state index is 12.2. The van der Waals surface area contributed by atoms with Crippen LogP contribution < -0.4 is 20.2 Å². The Morgan fingerprint density at radius 3 is 2.20 bits per heavy atom. The van der Waals surface area contributed by atoms with Gasteiger partial charge in [-0.05, 0) is 60.7 Å². The van der Waals surface area contributed by atoms with E-state index >= 15 is 0 Å². The van der Waals surface area contributed by atoms with Crippen molar-refractivity contribution in [2.45, 2.75) is 18.4 Å². The van der Waals surface area contributed by atoms with Crippen molar-refractivity contribution in [2.24, 2.45) is 7.05 Å². The molecular weight excluding hydrogens is 629 g/mol. The number of aryl methyl sites for hydroxylation is 1. The van der Waals surface area contributed by atoms with E-state index in [0.29, 0.717) is 35.4 Å². The van der Waals surface area contributed by atoms with Crippen molar-refractivity contribution in [2.75, 3.05) is 49.2 Å². The van der Waals surface area contributed by atoms with Gasteiger partial charge < -0.3 is 28.6 Å². The van der Waals surface area contributed by atoms with Crippen LogP contribution >= 0.6 is 23.2 Å². The molecule has 7 rings (SSSR count). The molecule has 2 saturated heterocycles. The summed E-state index contributed by atoms with van der Waals surface area (Å²) in [5.74, 6) is -0.334. The molecule has 3 aromatic carbocycles. The summed E-state index contributed by atoms with van der Waals surface area (Å²) in [5.41, 5.74) is 3.62. The summed E-state index contributed by atoms with van der Waals surface area (Å²) in [7, 11) is 1.64. The first-order valence-electron chi connectivity index (χ1n) is 15.0. The number of aromatic nitrogens is 5. The van der Waals surface area contributed by atoms with Gasteiger partial charge in [0.1, 0.15) is 24.8 Å². The Balaban J connectivity index is 0.934. The van der Waals surface area contributed by atoms with Crippen molar-refractivity contribution in [3.05, 3.63) is 118 Å². The number of benzene rings is 3. The molecule has 2 atom stereocenters. The van der Waals surface area contributed by atoms with Gasteiger partial charge in [0, 0.05) is 67.6 Å². The Labute approximate surface area is 276 Å². The monoisotopic (exact) mass is 661 g/mol. The largest absolute Gasteiger partial charge is 0.491 e. The SMILES string of the molecule is Cn1ncn(-c2ccc(N3CCN(c4ccc(OC[C@@H]5COC(Cn6ccnc6)(c6ccc(Cl)cc6Cl)O5)cc4)CC3)cc2)c1=O. The van der Waals surface area contributed by atoms with E-state index in [4.69, 9.17) is 37.4 Å². The Morgan fingerprint density at radius 1 is 0.913 bits per heavy atom. The second-order valence-corrected chi connectivity index (χ2v) is 12.2. The highest BCUT2D eigenvalue weighted by molar-refractivity contribution is 6.35. The van der Waals surface area contributed by atoms with Gasteiger partial charge in [0.05, 0.1) is 30.2 Å². The number of halogens is 2. The molecule has 238 valence electrons. The van der Waals surface area contributed by atoms with E-state index in [1.165, 1.54) is 15.6 Å². The molecule has 2 fully saturated rings. The summed E-state index contributed by atoms with van der Waals surface area (Å²) in [5, 5.41) is 5.05. The normalized spacial score (nSPS) is 19.9. The molecule has 0 saturated carbocycles. The predicted octanol–water partition coefficient (Wildman–Crippen LogP) is 4.75. The van der Waals surface area contributed by atoms with Gasteiger partial charge in [-0.25, -0.2) is 19.0 Å². The third kappa shape index (κ3) is 6.23. The highest BCUT2D eigenvalue weighted by atomic mass is 35.5. The van der Waals surface area contributed by atoms with Crippen LogP contribution in [0.5, 0.6) is 5.75 Å². The second-order valence-electron chi connectivity index (χ2n) is 11.4. The van der Waals surface area contributed by atoms with Crippen molar-refractivity contribution in [1.82, 2.24) is 23.9 Å². The minimum absolute atomic E-state index is 0.165. The van der Waals surface area contributed by atoms with Crippen molar-refractivity contribution in [1.29, 1.82) is 0 Å². The fourth-order valence-electron chi connectivity index (χ4n) is 5.93. The minimum atomic E-state index is -1.09. The molecule has 0 aliphatic carbocycles. The van der Waals surface area contributed by atoms with E-state index in [-0.39, 0.29) is 11.8 Å². The molecule has 11 nitrogen and oxygen atoms in total. The third-order valence-electron chi connectivity index (χ3n) is 8.38. The molecule has 0 N–H and O–H groups in total. The zero-order chi connectivity index (χ0) is 31.7. The molecule has 1 unspecified atom stereocenters. The van der Waals surface area contributed by atoms with E-state index < -0.39 is 5.79 Å². The van der Waals surface area contributed by atoms with Gasteiger partial charge in [0.2, 0.25) is 5.79 Å². The van der Waals surface area contributed by atoms with Gasteiger partial charge in [-0.1, -0.05) is 29.3 Å². The van der Waals surface area contributed by atoms with Gasteiger partial charge in [-0.2, -0.15) is 5.10 Å². The third-order valence-corrected chi connectivity index (χ3v) is 8.93. The number of imidazole rings is 1. The molecule has 0 spiro atoms. The Hall–Kier alpha value is -4.29. The molecule has 0 radical (unpaired) electrons. The summed E-state index contributed by atoms with van der Waals surface area (Å²) >= 11 is 12.8. The quantitative estimate of drug-likeness (QED) is 0.224. The first-order valence-corrected chi connectivity index (χ1v) is 15.8. The molecule has 2 aromatic heterocycles. The van der Waals surface area contributed by atoms with Crippen molar-refractivity contribution in [3.8, 4) is 11.4 Å². The molecule has 4 heterocycles. The molecular formula is C33H33Cl2N7O4. The fourth-order valence-corrected chi connectivity index (χ4v) is 6.48. The Kier molecular flexibility index (Phi) is 8.48. The topological polar surface area (TPSA) is 91.8 Å². The van der Waals surface area contributed by atoms with Gasteiger partial charge in [0.15, 0.2) is 0 Å². The highest BCUT2D eigenvalue weighted by Crippen LogP contribution is 2.40. The van der Waals surface area contributed by atoms with Gasteiger partial charge in [-0.15, -0.1) is 0 Å². The fraction of sp³-hybridized carbons (Fsp3) is 0.303. The lowest BCUT2D eigenvalue weighted by molar-refractivity contribution is -0.189. The first-order chi connectivity index (χ1) is 22.4. The molecule has 2 aliphatic heterocycles. The van der Waals surface area contributed by atoms with E-state index in [2.05, 4.69) is 44.1 Å². The summed E-state index contributed by atoms with van der Waals surface area (Å²) in [6.07, 6.45) is 6.52. The van der Waals surface area contributed by atoms with Crippen LogP contribution in [-0.2, 0) is 28.9 Å². The summed E-state index contributed by atoms with van der Waals surface area (Å²) in [6.45, 7) is 4.62. The van der Waals surface area contributed by atoms with Crippen LogP contribution in [0.3, 0.4) is 0 Å². The van der Waals surface area contributed by atoms with Crippen LogP contribution in [0.4, 0.5) is 11.4 Å². The Bertz CT molecular complexity index is 1840. The molecule has 13 heteroatoms. The van der Waals surface area contributed by atoms with Gasteiger partial charge in [0.25, 0.3) is 0 Å². The average molecular weight is 663 g/mol. The van der Waals surface area contributed by atoms with Gasteiger partial charge >= 0.3 is 5.69 Å². The van der Waals surface area contributed by atoms with Crippen LogP contribution in [-0.4, -0.2) is 69.4 Å². The van der Waals surface area contributed by atoms with Crippen molar-refractivity contribution >= 4 is 34.6 Å². The zero-order valence-corrected chi connectivity index (χ0v) is 26.7. The van der Waals surface area contributed by atoms with Crippen molar-refractivity contribution in [3.63, 3.8) is 0 Å². The number of rotatable bonds is 9. The van der Waals surface area contributed by atoms with Crippen molar-refractivity contribution < 1.29 is 14.2 Å². The van der Waals surface area contributed by atoms with E-state index in [1.807, 2.05) is 41.1 Å². The summed E-state index contributed by atoms with van der Waals surface area (Å²) in [4.78, 5) is 21.1. The average Bonchev–Trinajstić information content (AvgIpc) is 3.82. The standard InChI is InChI=1S/C33H33Cl2N7O4/c1-38-32(43)42(23-37-38)27-5-3-25(4-6-27)40-14-16-41(17-15-40)26-7-9-28(10-8-26)44-19-29-20-45-33(46-29,21-39-13-12-36-22-39)30-11-2-24(34)18-31(30)35/h2-13,18,22-23,29H,14-17,19-21H2,1H3/t29-,33?/m1/s1. The molecule has 2 aliphatic rings. The van der Waals surface area contributed by atoms with Crippen LogP contribution in [0.15, 0.2) is 96.6 Å². The summed E-state index contributed by atoms with van der Waals surface area (Å²) in [6, 6.07) is 21.5. The van der Waals surface area contributed by atoms with Gasteiger partial charge in [-0.3, -0.25) is 0 Å². The second kappa shape index (κ2) is 12.8. The maximum Gasteiger partial charge on any atom is 0.350 e. The molecule has 0 bridgehead atoms. The zero-order valence-electron chi connectivity index (χ0n) is 25.2. The van der Waals surface area contributed by atoms with E-state index in [9.17, 15) is 4.79 Å². The first kappa shape index (κ1) is 30.4. The predicted molar refractivity (Wildman–Crippen MR) is 176 cm³/mol. The minimum Gasteiger partial charge on any atom is -0.491 e. The smallest absolute Gasteiger partial charge is 0.350 e. The molecule has 5 aromatic rings. The molecule has 46 heavy (non-hydrogen) atoms.